The largest absolute Gasteiger partial charge is 0.491 e. The summed E-state index contributed by atoms with van der Waals surface area (Å²) in [5.41, 5.74) is 0.661. The second kappa shape index (κ2) is 8.84. The Bertz CT molecular complexity index is 425. The Labute approximate surface area is 120 Å². The Morgan fingerprint density at radius 2 is 2.00 bits per heavy atom. The van der Waals surface area contributed by atoms with Gasteiger partial charge in [0.05, 0.1) is 0 Å². The molecule has 4 heteroatoms. The van der Waals surface area contributed by atoms with Crippen molar-refractivity contribution in [1.82, 2.24) is 4.90 Å². The van der Waals surface area contributed by atoms with E-state index in [1.165, 1.54) is 0 Å². The van der Waals surface area contributed by atoms with E-state index in [1.54, 1.807) is 11.8 Å². The number of hydrogen-bond donors (Lipinski definition) is 0. The van der Waals surface area contributed by atoms with Gasteiger partial charge < -0.3 is 9.64 Å². The van der Waals surface area contributed by atoms with Gasteiger partial charge in [-0.1, -0.05) is 26.8 Å². The van der Waals surface area contributed by atoms with Crippen molar-refractivity contribution >= 4 is 11.8 Å². The molecule has 0 aliphatic heterocycles. The van der Waals surface area contributed by atoms with E-state index in [0.29, 0.717) is 17.9 Å². The predicted molar refractivity (Wildman–Crippen MR) is 80.8 cm³/mol. The van der Waals surface area contributed by atoms with Crippen LogP contribution in [0.5, 0.6) is 5.75 Å². The summed E-state index contributed by atoms with van der Waals surface area (Å²) < 4.78 is 5.77. The number of hydrogen-bond acceptors (Lipinski definition) is 4. The van der Waals surface area contributed by atoms with E-state index < -0.39 is 0 Å². The van der Waals surface area contributed by atoms with Crippen molar-refractivity contribution < 1.29 is 4.74 Å². The third kappa shape index (κ3) is 4.77. The van der Waals surface area contributed by atoms with Crippen LogP contribution >= 0.6 is 11.8 Å². The predicted octanol–water partition coefficient (Wildman–Crippen LogP) is 3.39. The zero-order valence-corrected chi connectivity index (χ0v) is 12.8. The van der Waals surface area contributed by atoms with Crippen LogP contribution in [0.15, 0.2) is 23.1 Å². The van der Waals surface area contributed by atoms with Gasteiger partial charge >= 0.3 is 0 Å². The van der Waals surface area contributed by atoms with Crippen molar-refractivity contribution in [3.8, 4) is 11.8 Å². The summed E-state index contributed by atoms with van der Waals surface area (Å²) in [6.07, 6.45) is 0. The first-order valence-electron chi connectivity index (χ1n) is 6.77. The number of ether oxygens (including phenoxy) is 1. The first-order chi connectivity index (χ1) is 9.26. The van der Waals surface area contributed by atoms with Crippen LogP contribution in [0.2, 0.25) is 0 Å². The summed E-state index contributed by atoms with van der Waals surface area (Å²) in [6, 6.07) is 8.06. The van der Waals surface area contributed by atoms with E-state index in [4.69, 9.17) is 4.74 Å². The van der Waals surface area contributed by atoms with E-state index in [0.717, 1.165) is 30.3 Å². The molecule has 3 nitrogen and oxygen atoms in total. The Balaban J connectivity index is 2.68. The van der Waals surface area contributed by atoms with Crippen LogP contribution in [0.4, 0.5) is 0 Å². The van der Waals surface area contributed by atoms with Gasteiger partial charge in [0.1, 0.15) is 24.0 Å². The molecule has 0 atom stereocenters. The van der Waals surface area contributed by atoms with Gasteiger partial charge in [0, 0.05) is 11.4 Å². The fourth-order valence-corrected chi connectivity index (χ4v) is 2.62. The molecular formula is C15H22N2OS. The van der Waals surface area contributed by atoms with Crippen LogP contribution in [0.3, 0.4) is 0 Å². The van der Waals surface area contributed by atoms with Crippen LogP contribution in [0.1, 0.15) is 26.3 Å². The lowest BCUT2D eigenvalue weighted by molar-refractivity contribution is 0.222. The molecule has 1 aromatic carbocycles. The second-order valence-corrected chi connectivity index (χ2v) is 5.36. The maximum absolute atomic E-state index is 9.27. The summed E-state index contributed by atoms with van der Waals surface area (Å²) in [4.78, 5) is 3.31. The standard InChI is InChI=1S/C15H22N2OS/c1-4-17(5-2)10-11-18-14-8-7-9-15(19-6-3)13(14)12-16/h7-9H,4-6,10-11H2,1-3H3. The molecule has 0 unspecified atom stereocenters. The lowest BCUT2D eigenvalue weighted by Crippen LogP contribution is -2.28. The monoisotopic (exact) mass is 278 g/mol. The van der Waals surface area contributed by atoms with Crippen molar-refractivity contribution in [2.45, 2.75) is 25.7 Å². The van der Waals surface area contributed by atoms with Crippen LogP contribution in [0, 0.1) is 11.3 Å². The first kappa shape index (κ1) is 15.9. The van der Waals surface area contributed by atoms with Gasteiger partial charge in [0.2, 0.25) is 0 Å². The minimum atomic E-state index is 0.622. The lowest BCUT2D eigenvalue weighted by atomic mass is 10.2. The molecule has 0 saturated heterocycles. The van der Waals surface area contributed by atoms with Crippen LogP contribution in [-0.4, -0.2) is 36.9 Å². The fraction of sp³-hybridized carbons (Fsp3) is 0.533. The average molecular weight is 278 g/mol. The van der Waals surface area contributed by atoms with Crippen molar-refractivity contribution in [2.75, 3.05) is 32.0 Å². The van der Waals surface area contributed by atoms with Gasteiger partial charge in [0.25, 0.3) is 0 Å². The van der Waals surface area contributed by atoms with Gasteiger partial charge in [-0.15, -0.1) is 11.8 Å². The highest BCUT2D eigenvalue weighted by atomic mass is 32.2. The minimum Gasteiger partial charge on any atom is -0.491 e. The smallest absolute Gasteiger partial charge is 0.138 e. The maximum atomic E-state index is 9.27. The molecule has 0 amide bonds. The highest BCUT2D eigenvalue weighted by Crippen LogP contribution is 2.29. The summed E-state index contributed by atoms with van der Waals surface area (Å²) >= 11 is 1.68. The summed E-state index contributed by atoms with van der Waals surface area (Å²) in [6.45, 7) is 9.93. The molecule has 0 aromatic heterocycles. The lowest BCUT2D eigenvalue weighted by Gasteiger charge is -2.18. The highest BCUT2D eigenvalue weighted by Gasteiger charge is 2.09. The third-order valence-corrected chi connectivity index (χ3v) is 3.90. The summed E-state index contributed by atoms with van der Waals surface area (Å²) in [7, 11) is 0. The number of rotatable bonds is 8. The highest BCUT2D eigenvalue weighted by molar-refractivity contribution is 7.99. The van der Waals surface area contributed by atoms with Gasteiger partial charge in [-0.25, -0.2) is 0 Å². The molecule has 0 spiro atoms. The molecule has 1 aromatic rings. The Morgan fingerprint density at radius 1 is 1.26 bits per heavy atom. The molecule has 0 N–H and O–H groups in total. The number of benzene rings is 1. The van der Waals surface area contributed by atoms with E-state index in [9.17, 15) is 5.26 Å². The topological polar surface area (TPSA) is 36.3 Å². The van der Waals surface area contributed by atoms with Crippen molar-refractivity contribution in [2.24, 2.45) is 0 Å². The molecule has 0 bridgehead atoms. The fourth-order valence-electron chi connectivity index (χ4n) is 1.84. The average Bonchev–Trinajstić information content (AvgIpc) is 2.44. The Hall–Kier alpha value is -1.18. The molecule has 0 fully saturated rings. The molecule has 0 aliphatic rings. The molecule has 1 rings (SSSR count). The summed E-state index contributed by atoms with van der Waals surface area (Å²) in [5.74, 6) is 1.66. The van der Waals surface area contributed by atoms with Gasteiger partial charge in [0.15, 0.2) is 0 Å². The minimum absolute atomic E-state index is 0.622. The quantitative estimate of drug-likeness (QED) is 0.683. The molecule has 0 saturated carbocycles. The van der Waals surface area contributed by atoms with E-state index in [-0.39, 0.29) is 0 Å². The summed E-state index contributed by atoms with van der Waals surface area (Å²) in [5, 5.41) is 9.27. The molecule has 19 heavy (non-hydrogen) atoms. The Kier molecular flexibility index (Phi) is 7.39. The second-order valence-electron chi connectivity index (χ2n) is 4.05. The molecule has 104 valence electrons. The van der Waals surface area contributed by atoms with Crippen LogP contribution < -0.4 is 4.74 Å². The van der Waals surface area contributed by atoms with Crippen molar-refractivity contribution in [1.29, 1.82) is 5.26 Å². The van der Waals surface area contributed by atoms with E-state index >= 15 is 0 Å². The Morgan fingerprint density at radius 3 is 2.58 bits per heavy atom. The van der Waals surface area contributed by atoms with Crippen molar-refractivity contribution in [3.63, 3.8) is 0 Å². The zero-order chi connectivity index (χ0) is 14.1. The number of nitriles is 1. The molecule has 0 heterocycles. The number of likely N-dealkylation sites (N-methyl/N-ethyl adjacent to an activating group) is 1. The van der Waals surface area contributed by atoms with Crippen LogP contribution in [0.25, 0.3) is 0 Å². The van der Waals surface area contributed by atoms with E-state index in [1.807, 2.05) is 18.2 Å². The third-order valence-electron chi connectivity index (χ3n) is 2.96. The molecule has 0 aliphatic carbocycles. The molecule has 0 radical (unpaired) electrons. The van der Waals surface area contributed by atoms with E-state index in [2.05, 4.69) is 31.7 Å². The maximum Gasteiger partial charge on any atom is 0.138 e. The van der Waals surface area contributed by atoms with Gasteiger partial charge in [-0.3, -0.25) is 0 Å². The van der Waals surface area contributed by atoms with Gasteiger partial charge in [-0.05, 0) is 31.0 Å². The molecular weight excluding hydrogens is 256 g/mol. The number of thioether (sulfide) groups is 1. The van der Waals surface area contributed by atoms with Crippen LogP contribution in [-0.2, 0) is 0 Å². The first-order valence-corrected chi connectivity index (χ1v) is 7.76. The zero-order valence-electron chi connectivity index (χ0n) is 12.0. The van der Waals surface area contributed by atoms with Gasteiger partial charge in [-0.2, -0.15) is 5.26 Å². The van der Waals surface area contributed by atoms with Crippen molar-refractivity contribution in [3.05, 3.63) is 23.8 Å². The SMILES string of the molecule is CCSc1cccc(OCCN(CC)CC)c1C#N. The number of nitrogens with zero attached hydrogens (tertiary/aromatic N) is 2. The normalized spacial score (nSPS) is 10.5.